The Morgan fingerprint density at radius 2 is 2.29 bits per heavy atom. The number of nitrogens with one attached hydrogen (secondary N) is 2. The van der Waals surface area contributed by atoms with E-state index in [1.807, 2.05) is 24.5 Å². The van der Waals surface area contributed by atoms with Crippen molar-refractivity contribution in [2.75, 3.05) is 6.54 Å². The van der Waals surface area contributed by atoms with E-state index in [1.54, 1.807) is 6.20 Å². The minimum atomic E-state index is 0.184. The Kier molecular flexibility index (Phi) is 4.28. The summed E-state index contributed by atoms with van der Waals surface area (Å²) in [6, 6.07) is 4.22. The van der Waals surface area contributed by atoms with Gasteiger partial charge in [0.1, 0.15) is 5.82 Å². The molecule has 4 nitrogen and oxygen atoms in total. The van der Waals surface area contributed by atoms with Crippen LogP contribution in [0.15, 0.2) is 35.2 Å². The summed E-state index contributed by atoms with van der Waals surface area (Å²) >= 11 is 3.38. The average Bonchev–Trinajstić information content (AvgIpc) is 2.85. The molecule has 0 aromatic carbocycles. The van der Waals surface area contributed by atoms with Gasteiger partial charge in [-0.15, -0.1) is 0 Å². The summed E-state index contributed by atoms with van der Waals surface area (Å²) < 4.78 is 0.999. The predicted octanol–water partition coefficient (Wildman–Crippen LogP) is 2.46. The Balaban J connectivity index is 2.10. The third-order valence-corrected chi connectivity index (χ3v) is 2.97. The summed E-state index contributed by atoms with van der Waals surface area (Å²) in [5, 5.41) is 3.40. The van der Waals surface area contributed by atoms with Crippen LogP contribution in [0.1, 0.15) is 24.5 Å². The van der Waals surface area contributed by atoms with Gasteiger partial charge >= 0.3 is 0 Å². The standard InChI is InChI=1S/C12H15BrN4/c1-2-14-11(12-15-5-6-16-12)7-10-4-3-9(13)8-17-10/h3-6,8,11,14H,2,7H2,1H3,(H,15,16). The summed E-state index contributed by atoms with van der Waals surface area (Å²) in [5.41, 5.74) is 1.05. The molecule has 1 atom stereocenters. The molecular weight excluding hydrogens is 280 g/mol. The second-order valence-corrected chi connectivity index (χ2v) is 4.67. The summed E-state index contributed by atoms with van der Waals surface area (Å²) in [6.45, 7) is 2.99. The van der Waals surface area contributed by atoms with Gasteiger partial charge in [-0.3, -0.25) is 4.98 Å². The van der Waals surface area contributed by atoms with Crippen molar-refractivity contribution in [3.8, 4) is 0 Å². The fourth-order valence-corrected chi connectivity index (χ4v) is 1.95. The molecule has 0 saturated heterocycles. The number of rotatable bonds is 5. The SMILES string of the molecule is CCNC(Cc1ccc(Br)cn1)c1ncc[nH]1. The summed E-state index contributed by atoms with van der Waals surface area (Å²) in [6.07, 6.45) is 6.26. The lowest BCUT2D eigenvalue weighted by Gasteiger charge is -2.15. The van der Waals surface area contributed by atoms with Crippen molar-refractivity contribution in [3.63, 3.8) is 0 Å². The molecule has 0 aliphatic heterocycles. The number of aromatic amines is 1. The quantitative estimate of drug-likeness (QED) is 0.891. The Bertz CT molecular complexity index is 438. The smallest absolute Gasteiger partial charge is 0.123 e. The van der Waals surface area contributed by atoms with E-state index < -0.39 is 0 Å². The van der Waals surface area contributed by atoms with Crippen molar-refractivity contribution in [1.29, 1.82) is 0 Å². The van der Waals surface area contributed by atoms with Gasteiger partial charge in [-0.05, 0) is 34.6 Å². The molecule has 0 fully saturated rings. The van der Waals surface area contributed by atoms with Crippen LogP contribution in [0.3, 0.4) is 0 Å². The molecule has 0 aliphatic carbocycles. The predicted molar refractivity (Wildman–Crippen MR) is 70.6 cm³/mol. The zero-order chi connectivity index (χ0) is 12.1. The Hall–Kier alpha value is -1.20. The molecule has 0 saturated carbocycles. The van der Waals surface area contributed by atoms with E-state index in [1.165, 1.54) is 0 Å². The second kappa shape index (κ2) is 5.93. The van der Waals surface area contributed by atoms with Crippen molar-refractivity contribution >= 4 is 15.9 Å². The maximum Gasteiger partial charge on any atom is 0.123 e. The maximum absolute atomic E-state index is 4.38. The first-order chi connectivity index (χ1) is 8.29. The van der Waals surface area contributed by atoms with E-state index >= 15 is 0 Å². The largest absolute Gasteiger partial charge is 0.347 e. The number of halogens is 1. The van der Waals surface area contributed by atoms with Gasteiger partial charge in [-0.1, -0.05) is 6.92 Å². The van der Waals surface area contributed by atoms with Crippen LogP contribution in [0, 0.1) is 0 Å². The highest BCUT2D eigenvalue weighted by atomic mass is 79.9. The minimum absolute atomic E-state index is 0.184. The molecule has 2 aromatic heterocycles. The third kappa shape index (κ3) is 3.38. The molecule has 2 aromatic rings. The van der Waals surface area contributed by atoms with E-state index in [4.69, 9.17) is 0 Å². The molecule has 90 valence electrons. The number of pyridine rings is 1. The molecule has 5 heteroatoms. The molecular formula is C12H15BrN4. The van der Waals surface area contributed by atoms with Crippen molar-refractivity contribution < 1.29 is 0 Å². The van der Waals surface area contributed by atoms with Gasteiger partial charge in [0, 0.05) is 35.2 Å². The van der Waals surface area contributed by atoms with Crippen molar-refractivity contribution in [2.45, 2.75) is 19.4 Å². The van der Waals surface area contributed by atoms with E-state index in [2.05, 4.69) is 43.1 Å². The zero-order valence-electron chi connectivity index (χ0n) is 9.65. The Morgan fingerprint density at radius 3 is 2.88 bits per heavy atom. The Labute approximate surface area is 109 Å². The second-order valence-electron chi connectivity index (χ2n) is 3.76. The van der Waals surface area contributed by atoms with E-state index in [0.29, 0.717) is 0 Å². The van der Waals surface area contributed by atoms with Crippen molar-refractivity contribution in [3.05, 3.63) is 46.7 Å². The van der Waals surface area contributed by atoms with Crippen LogP contribution in [0.2, 0.25) is 0 Å². The molecule has 2 heterocycles. The van der Waals surface area contributed by atoms with Crippen LogP contribution in [-0.2, 0) is 6.42 Å². The summed E-state index contributed by atoms with van der Waals surface area (Å²) in [4.78, 5) is 11.8. The first-order valence-corrected chi connectivity index (χ1v) is 6.42. The van der Waals surface area contributed by atoms with Crippen LogP contribution in [0.25, 0.3) is 0 Å². The molecule has 0 spiro atoms. The topological polar surface area (TPSA) is 53.6 Å². The summed E-state index contributed by atoms with van der Waals surface area (Å²) in [7, 11) is 0. The molecule has 2 rings (SSSR count). The number of likely N-dealkylation sites (N-methyl/N-ethyl adjacent to an activating group) is 1. The van der Waals surface area contributed by atoms with Crippen molar-refractivity contribution in [1.82, 2.24) is 20.3 Å². The van der Waals surface area contributed by atoms with E-state index in [9.17, 15) is 0 Å². The van der Waals surface area contributed by atoms with Gasteiger partial charge in [-0.25, -0.2) is 4.98 Å². The molecule has 2 N–H and O–H groups in total. The number of hydrogen-bond acceptors (Lipinski definition) is 3. The number of hydrogen-bond donors (Lipinski definition) is 2. The number of H-pyrrole nitrogens is 1. The number of nitrogens with zero attached hydrogens (tertiary/aromatic N) is 2. The first-order valence-electron chi connectivity index (χ1n) is 5.62. The van der Waals surface area contributed by atoms with Crippen LogP contribution in [0.5, 0.6) is 0 Å². The van der Waals surface area contributed by atoms with Crippen molar-refractivity contribution in [2.24, 2.45) is 0 Å². The average molecular weight is 295 g/mol. The maximum atomic E-state index is 4.38. The minimum Gasteiger partial charge on any atom is -0.347 e. The number of aromatic nitrogens is 3. The van der Waals surface area contributed by atoms with Crippen LogP contribution in [-0.4, -0.2) is 21.5 Å². The summed E-state index contributed by atoms with van der Waals surface area (Å²) in [5.74, 6) is 0.955. The zero-order valence-corrected chi connectivity index (χ0v) is 11.2. The van der Waals surface area contributed by atoms with E-state index in [-0.39, 0.29) is 6.04 Å². The highest BCUT2D eigenvalue weighted by Crippen LogP contribution is 2.15. The fourth-order valence-electron chi connectivity index (χ4n) is 1.72. The van der Waals surface area contributed by atoms with E-state index in [0.717, 1.165) is 29.0 Å². The van der Waals surface area contributed by atoms with Crippen LogP contribution >= 0.6 is 15.9 Å². The highest BCUT2D eigenvalue weighted by molar-refractivity contribution is 9.10. The molecule has 0 radical (unpaired) electrons. The lowest BCUT2D eigenvalue weighted by molar-refractivity contribution is 0.521. The normalized spacial score (nSPS) is 12.6. The lowest BCUT2D eigenvalue weighted by atomic mass is 10.1. The van der Waals surface area contributed by atoms with Gasteiger partial charge in [0.05, 0.1) is 6.04 Å². The van der Waals surface area contributed by atoms with Gasteiger partial charge in [0.15, 0.2) is 0 Å². The lowest BCUT2D eigenvalue weighted by Crippen LogP contribution is -2.24. The van der Waals surface area contributed by atoms with Gasteiger partial charge < -0.3 is 10.3 Å². The molecule has 1 unspecified atom stereocenters. The molecule has 0 bridgehead atoms. The van der Waals surface area contributed by atoms with Crippen LogP contribution in [0.4, 0.5) is 0 Å². The molecule has 17 heavy (non-hydrogen) atoms. The van der Waals surface area contributed by atoms with Gasteiger partial charge in [0.25, 0.3) is 0 Å². The molecule has 0 amide bonds. The Morgan fingerprint density at radius 1 is 1.41 bits per heavy atom. The monoisotopic (exact) mass is 294 g/mol. The number of imidazole rings is 1. The highest BCUT2D eigenvalue weighted by Gasteiger charge is 2.13. The third-order valence-electron chi connectivity index (χ3n) is 2.50. The van der Waals surface area contributed by atoms with Gasteiger partial charge in [-0.2, -0.15) is 0 Å². The molecule has 0 aliphatic rings. The first kappa shape index (κ1) is 12.3. The van der Waals surface area contributed by atoms with Gasteiger partial charge in [0.2, 0.25) is 0 Å². The van der Waals surface area contributed by atoms with Crippen LogP contribution < -0.4 is 5.32 Å². The fraction of sp³-hybridized carbons (Fsp3) is 0.333.